The van der Waals surface area contributed by atoms with Crippen molar-refractivity contribution in [1.29, 1.82) is 0 Å². The van der Waals surface area contributed by atoms with E-state index >= 15 is 0 Å². The third-order valence-corrected chi connectivity index (χ3v) is 3.93. The molecule has 3 aromatic heterocycles. The Morgan fingerprint density at radius 1 is 1.20 bits per heavy atom. The molecule has 1 atom stereocenters. The molecule has 102 valence electrons. The van der Waals surface area contributed by atoms with Gasteiger partial charge in [0.1, 0.15) is 0 Å². The first-order chi connectivity index (χ1) is 9.83. The number of aryl methyl sites for hydroxylation is 1. The number of fused-ring (bicyclic) bond motifs is 1. The SMILES string of the molecule is Cn1cc(C2CCCN2c2nccn3ccnc23)cn1. The first-order valence-electron chi connectivity index (χ1n) is 6.86. The van der Waals surface area contributed by atoms with Crippen molar-refractivity contribution in [3.05, 3.63) is 42.7 Å². The highest BCUT2D eigenvalue weighted by Crippen LogP contribution is 2.36. The van der Waals surface area contributed by atoms with Gasteiger partial charge in [-0.1, -0.05) is 0 Å². The lowest BCUT2D eigenvalue weighted by Gasteiger charge is -2.25. The zero-order chi connectivity index (χ0) is 13.5. The highest BCUT2D eigenvalue weighted by Gasteiger charge is 2.29. The number of hydrogen-bond donors (Lipinski definition) is 0. The fraction of sp³-hybridized carbons (Fsp3) is 0.357. The molecule has 0 aromatic carbocycles. The molecule has 0 N–H and O–H groups in total. The molecule has 0 amide bonds. The van der Waals surface area contributed by atoms with Crippen LogP contribution in [0.5, 0.6) is 0 Å². The van der Waals surface area contributed by atoms with Crippen molar-refractivity contribution in [2.45, 2.75) is 18.9 Å². The second kappa shape index (κ2) is 4.33. The Morgan fingerprint density at radius 3 is 2.85 bits per heavy atom. The Balaban J connectivity index is 1.78. The summed E-state index contributed by atoms with van der Waals surface area (Å²) in [5, 5.41) is 4.29. The van der Waals surface area contributed by atoms with Gasteiger partial charge in [0.25, 0.3) is 0 Å². The molecule has 0 bridgehead atoms. The van der Waals surface area contributed by atoms with Gasteiger partial charge in [-0.15, -0.1) is 0 Å². The van der Waals surface area contributed by atoms with E-state index in [4.69, 9.17) is 0 Å². The lowest BCUT2D eigenvalue weighted by atomic mass is 10.1. The van der Waals surface area contributed by atoms with E-state index in [1.54, 1.807) is 0 Å². The zero-order valence-electron chi connectivity index (χ0n) is 11.3. The topological polar surface area (TPSA) is 51.2 Å². The number of anilines is 1. The Morgan fingerprint density at radius 2 is 2.05 bits per heavy atom. The normalized spacial score (nSPS) is 19.1. The molecule has 4 rings (SSSR count). The molecule has 1 unspecified atom stereocenters. The molecule has 1 aliphatic rings. The minimum Gasteiger partial charge on any atom is -0.346 e. The van der Waals surface area contributed by atoms with E-state index in [0.29, 0.717) is 6.04 Å². The molecule has 1 saturated heterocycles. The molecule has 3 aromatic rings. The first kappa shape index (κ1) is 11.5. The van der Waals surface area contributed by atoms with E-state index in [-0.39, 0.29) is 0 Å². The quantitative estimate of drug-likeness (QED) is 0.711. The number of nitrogens with zero attached hydrogens (tertiary/aromatic N) is 6. The Kier molecular flexibility index (Phi) is 2.48. The van der Waals surface area contributed by atoms with Crippen molar-refractivity contribution in [3.63, 3.8) is 0 Å². The van der Waals surface area contributed by atoms with E-state index in [0.717, 1.165) is 24.4 Å². The Bertz CT molecular complexity index is 743. The van der Waals surface area contributed by atoms with E-state index in [1.165, 1.54) is 12.0 Å². The van der Waals surface area contributed by atoms with Crippen LogP contribution in [-0.2, 0) is 7.05 Å². The van der Waals surface area contributed by atoms with Gasteiger partial charge in [0.05, 0.1) is 12.2 Å². The molecule has 0 radical (unpaired) electrons. The zero-order valence-corrected chi connectivity index (χ0v) is 11.3. The highest BCUT2D eigenvalue weighted by atomic mass is 15.3. The van der Waals surface area contributed by atoms with Crippen LogP contribution < -0.4 is 4.90 Å². The van der Waals surface area contributed by atoms with Crippen LogP contribution in [0.2, 0.25) is 0 Å². The van der Waals surface area contributed by atoms with Crippen molar-refractivity contribution in [3.8, 4) is 0 Å². The van der Waals surface area contributed by atoms with Gasteiger partial charge in [-0.25, -0.2) is 9.97 Å². The second-order valence-electron chi connectivity index (χ2n) is 5.21. The van der Waals surface area contributed by atoms with E-state index in [9.17, 15) is 0 Å². The van der Waals surface area contributed by atoms with Gasteiger partial charge in [-0.05, 0) is 12.8 Å². The van der Waals surface area contributed by atoms with Crippen LogP contribution in [0.15, 0.2) is 37.2 Å². The second-order valence-corrected chi connectivity index (χ2v) is 5.21. The van der Waals surface area contributed by atoms with Crippen LogP contribution in [-0.4, -0.2) is 30.7 Å². The van der Waals surface area contributed by atoms with Crippen LogP contribution >= 0.6 is 0 Å². The molecular weight excluding hydrogens is 252 g/mol. The molecule has 4 heterocycles. The lowest BCUT2D eigenvalue weighted by molar-refractivity contribution is 0.708. The summed E-state index contributed by atoms with van der Waals surface area (Å²) in [5.74, 6) is 0.962. The fourth-order valence-corrected chi connectivity index (χ4v) is 3.02. The summed E-state index contributed by atoms with van der Waals surface area (Å²) in [6.07, 6.45) is 13.9. The highest BCUT2D eigenvalue weighted by molar-refractivity contribution is 5.65. The third kappa shape index (κ3) is 1.68. The number of hydrogen-bond acceptors (Lipinski definition) is 4. The van der Waals surface area contributed by atoms with Crippen LogP contribution in [0, 0.1) is 0 Å². The van der Waals surface area contributed by atoms with Crippen molar-refractivity contribution in [2.75, 3.05) is 11.4 Å². The summed E-state index contributed by atoms with van der Waals surface area (Å²) in [6, 6.07) is 0.346. The summed E-state index contributed by atoms with van der Waals surface area (Å²) in [5.41, 5.74) is 2.17. The van der Waals surface area contributed by atoms with Crippen LogP contribution in [0.3, 0.4) is 0 Å². The minimum atomic E-state index is 0.346. The monoisotopic (exact) mass is 268 g/mol. The van der Waals surface area contributed by atoms with Gasteiger partial charge in [0, 0.05) is 50.1 Å². The molecule has 0 aliphatic carbocycles. The average molecular weight is 268 g/mol. The molecule has 6 heteroatoms. The lowest BCUT2D eigenvalue weighted by Crippen LogP contribution is -2.24. The van der Waals surface area contributed by atoms with Crippen molar-refractivity contribution in [1.82, 2.24) is 24.1 Å². The minimum absolute atomic E-state index is 0.346. The summed E-state index contributed by atoms with van der Waals surface area (Å²) >= 11 is 0. The Hall–Kier alpha value is -2.37. The van der Waals surface area contributed by atoms with Gasteiger partial charge < -0.3 is 9.30 Å². The molecule has 1 fully saturated rings. The van der Waals surface area contributed by atoms with Crippen molar-refractivity contribution < 1.29 is 0 Å². The van der Waals surface area contributed by atoms with Gasteiger partial charge >= 0.3 is 0 Å². The summed E-state index contributed by atoms with van der Waals surface area (Å²) in [6.45, 7) is 1.01. The van der Waals surface area contributed by atoms with Gasteiger partial charge in [0.2, 0.25) is 0 Å². The molecule has 0 saturated carbocycles. The summed E-state index contributed by atoms with van der Waals surface area (Å²) < 4.78 is 3.87. The Labute approximate surface area is 116 Å². The predicted octanol–water partition coefficient (Wildman–Crippen LogP) is 1.80. The van der Waals surface area contributed by atoms with E-state index < -0.39 is 0 Å². The molecule has 20 heavy (non-hydrogen) atoms. The van der Waals surface area contributed by atoms with Crippen LogP contribution in [0.4, 0.5) is 5.82 Å². The van der Waals surface area contributed by atoms with Crippen molar-refractivity contribution >= 4 is 11.5 Å². The summed E-state index contributed by atoms with van der Waals surface area (Å²) in [7, 11) is 1.95. The van der Waals surface area contributed by atoms with E-state index in [1.807, 2.05) is 47.1 Å². The molecule has 0 spiro atoms. The third-order valence-electron chi connectivity index (χ3n) is 3.93. The first-order valence-corrected chi connectivity index (χ1v) is 6.86. The largest absolute Gasteiger partial charge is 0.346 e. The van der Waals surface area contributed by atoms with E-state index in [2.05, 4.69) is 26.2 Å². The summed E-state index contributed by atoms with van der Waals surface area (Å²) in [4.78, 5) is 11.3. The van der Waals surface area contributed by atoms with Crippen LogP contribution in [0.25, 0.3) is 5.65 Å². The van der Waals surface area contributed by atoms with Crippen LogP contribution in [0.1, 0.15) is 24.4 Å². The predicted molar refractivity (Wildman–Crippen MR) is 75.5 cm³/mol. The average Bonchev–Trinajstić information content (AvgIpc) is 3.17. The smallest absolute Gasteiger partial charge is 0.180 e. The van der Waals surface area contributed by atoms with Gasteiger partial charge in [0.15, 0.2) is 11.5 Å². The van der Waals surface area contributed by atoms with Gasteiger partial charge in [-0.2, -0.15) is 5.10 Å². The fourth-order valence-electron chi connectivity index (χ4n) is 3.02. The maximum Gasteiger partial charge on any atom is 0.180 e. The maximum absolute atomic E-state index is 4.56. The van der Waals surface area contributed by atoms with Gasteiger partial charge in [-0.3, -0.25) is 4.68 Å². The number of rotatable bonds is 2. The standard InChI is InChI=1S/C14H16N6/c1-18-10-11(9-17-18)12-3-2-6-20(12)14-13-15-4-7-19(13)8-5-16-14/h4-5,7-10,12H,2-3,6H2,1H3. The molecule has 6 nitrogen and oxygen atoms in total. The maximum atomic E-state index is 4.56. The number of imidazole rings is 1. The molecular formula is C14H16N6. The molecule has 1 aliphatic heterocycles. The number of aromatic nitrogens is 5. The van der Waals surface area contributed by atoms with Crippen molar-refractivity contribution in [2.24, 2.45) is 7.05 Å².